The molecule has 0 amide bonds. The van der Waals surface area contributed by atoms with Crippen LogP contribution in [-0.4, -0.2) is 187 Å². The first-order valence-electron chi connectivity index (χ1n) is 44.5. The number of ether oxygens (including phenoxy) is 12. The molecule has 0 bridgehead atoms. The molecule has 0 aliphatic carbocycles. The quantitative estimate of drug-likeness (QED) is 0.0440. The summed E-state index contributed by atoms with van der Waals surface area (Å²) >= 11 is 0. The number of aliphatic hydroxyl groups excluding tert-OH is 2. The second-order valence-electron chi connectivity index (χ2n) is 38.1. The maximum absolute atomic E-state index is 15.1. The molecule has 654 valence electrons. The number of ketones is 2. The van der Waals surface area contributed by atoms with Gasteiger partial charge in [0, 0.05) is 84.0 Å². The molecule has 4 spiro atoms. The number of hydrogen-bond acceptors (Lipinski definition) is 24. The van der Waals surface area contributed by atoms with Crippen molar-refractivity contribution >= 4 is 35.4 Å². The number of carbonyl (C=O) groups is 6. The van der Waals surface area contributed by atoms with Gasteiger partial charge in [-0.05, 0) is 216 Å². The van der Waals surface area contributed by atoms with E-state index in [4.69, 9.17) is 56.8 Å². The van der Waals surface area contributed by atoms with Crippen LogP contribution in [0.3, 0.4) is 0 Å². The second-order valence-corrected chi connectivity index (χ2v) is 38.1. The van der Waals surface area contributed by atoms with Gasteiger partial charge in [0.05, 0.1) is 107 Å². The summed E-state index contributed by atoms with van der Waals surface area (Å²) in [5, 5.41) is 71.8. The summed E-state index contributed by atoms with van der Waals surface area (Å²) < 4.78 is 83.5. The molecule has 8 saturated heterocycles. The van der Waals surface area contributed by atoms with E-state index >= 15 is 9.59 Å². The molecule has 0 aromatic heterocycles. The number of Topliss-reactive ketones (excluding diaryl/α,β-unsaturated/α-hetero) is 2. The van der Waals surface area contributed by atoms with Gasteiger partial charge in [0.15, 0.2) is 23.8 Å². The number of aliphatic hydroxyl groups is 4. The number of carbonyl (C=O) groups excluding carboxylic acids is 6. The van der Waals surface area contributed by atoms with Crippen molar-refractivity contribution in [3.63, 3.8) is 0 Å². The smallest absolute Gasteiger partial charge is 0.550 e. The molecule has 10 heterocycles. The van der Waals surface area contributed by atoms with Crippen LogP contribution in [-0.2, 0) is 76.0 Å². The summed E-state index contributed by atoms with van der Waals surface area (Å²) in [5.41, 5.74) is -3.93. The molecular formula is C92H140Na2O24. The van der Waals surface area contributed by atoms with Crippen molar-refractivity contribution in [2.24, 2.45) is 82.9 Å². The van der Waals surface area contributed by atoms with Gasteiger partial charge in [-0.3, -0.25) is 9.59 Å². The second kappa shape index (κ2) is 39.3. The number of esters is 2. The Morgan fingerprint density at radius 3 is 1.10 bits per heavy atom. The van der Waals surface area contributed by atoms with Crippen LogP contribution in [0.1, 0.15) is 288 Å². The topological polar surface area (TPSA) is 340 Å². The molecule has 36 atom stereocenters. The van der Waals surface area contributed by atoms with Gasteiger partial charge in [0.2, 0.25) is 11.6 Å². The van der Waals surface area contributed by atoms with Crippen molar-refractivity contribution in [2.45, 2.75) is 398 Å². The van der Waals surface area contributed by atoms with Crippen molar-refractivity contribution < 1.29 is 175 Å². The summed E-state index contributed by atoms with van der Waals surface area (Å²) in [6.45, 7) is 38.3. The van der Waals surface area contributed by atoms with Crippen LogP contribution in [0.25, 0.3) is 0 Å². The van der Waals surface area contributed by atoms with E-state index in [1.807, 2.05) is 96.9 Å². The predicted octanol–water partition coefficient (Wildman–Crippen LogP) is 5.76. The molecule has 8 fully saturated rings. The van der Waals surface area contributed by atoms with Crippen LogP contribution in [0, 0.1) is 82.9 Å². The molecule has 0 saturated carbocycles. The predicted molar refractivity (Wildman–Crippen MR) is 425 cm³/mol. The summed E-state index contributed by atoms with van der Waals surface area (Å²) in [5.74, 6) is -17.3. The Morgan fingerprint density at radius 1 is 0.458 bits per heavy atom. The Morgan fingerprint density at radius 2 is 0.797 bits per heavy atom. The minimum atomic E-state index is -1.68. The zero-order valence-electron chi connectivity index (χ0n) is 74.9. The maximum Gasteiger partial charge on any atom is 1.00 e. The molecule has 24 nitrogen and oxygen atoms in total. The first-order valence-corrected chi connectivity index (χ1v) is 44.5. The van der Waals surface area contributed by atoms with E-state index in [1.165, 1.54) is 24.3 Å². The molecule has 0 unspecified atom stereocenters. The van der Waals surface area contributed by atoms with Gasteiger partial charge in [0.25, 0.3) is 0 Å². The van der Waals surface area contributed by atoms with Crippen LogP contribution < -0.4 is 69.3 Å². The van der Waals surface area contributed by atoms with Gasteiger partial charge < -0.3 is 97.1 Å². The summed E-state index contributed by atoms with van der Waals surface area (Å²) in [6.07, 6.45) is 5.97. The van der Waals surface area contributed by atoms with E-state index in [1.54, 1.807) is 52.0 Å². The third-order valence-electron chi connectivity index (χ3n) is 30.6. The standard InChI is InChI=1S/C92H142O24.2Na/c1-21-63(81(97)98)67-33-27-49(7)77(107-67)57(15)73(93)55(13)75(95)65(23-3)79-51(9)47-53(11)89(111-79)41-37-71(91(115-89)45-43-85(19,113-91)69-35-39-87(103,25-5)59(17)105-69)109-83(101)61-29-31-62(32-30-61)84(102)110-72-38-42-90(116-92(72)46-44-86(20,114-92)70-36-40-88(104,26-6)60(18)106-70)54(12)48-52(10)80(112-90)66(24-4)76(96)56(14)74(94)58(16)78-50(8)28-34-68(108-78)64(22-2)82(99)100;;/h29-32,37-38,41-42,49-60,63-74,77-80,93-94,103-104H,21-28,33-36,39-40,43-48H2,1-20H3,(H,97,98)(H,99,100);;/q;2*+1/p-2/t49-,50-,51-,52-,53+,54+,55-,56-,57-,58-,59-,60-,63+,64+,65-,66-,67+,68+,69+,70+,71+,72+,73+,74+,77+,78+,79-,80-,85-,86-,87+,88+,89-,90-,91-,92-;;/m0../s1. The fourth-order valence-corrected chi connectivity index (χ4v) is 22.3. The Hall–Kier alpha value is -2.64. The van der Waals surface area contributed by atoms with Crippen LogP contribution in [0.2, 0.25) is 0 Å². The first kappa shape index (κ1) is 99.1. The molecule has 26 heteroatoms. The Bertz CT molecular complexity index is 3450. The zero-order valence-corrected chi connectivity index (χ0v) is 78.9. The van der Waals surface area contributed by atoms with E-state index in [9.17, 15) is 49.8 Å². The van der Waals surface area contributed by atoms with Crippen LogP contribution in [0.5, 0.6) is 0 Å². The van der Waals surface area contributed by atoms with Gasteiger partial charge in [-0.15, -0.1) is 0 Å². The fraction of sp³-hybridized carbons (Fsp3) is 0.826. The number of benzene rings is 1. The number of rotatable bonds is 28. The van der Waals surface area contributed by atoms with E-state index in [-0.39, 0.29) is 130 Å². The first-order chi connectivity index (χ1) is 54.5. The number of carboxylic acids is 2. The van der Waals surface area contributed by atoms with Crippen molar-refractivity contribution in [2.75, 3.05) is 0 Å². The van der Waals surface area contributed by atoms with Gasteiger partial charge in [-0.2, -0.15) is 0 Å². The Labute approximate surface area is 745 Å². The molecule has 10 aliphatic heterocycles. The fourth-order valence-electron chi connectivity index (χ4n) is 22.3. The van der Waals surface area contributed by atoms with Crippen molar-refractivity contribution in [1.82, 2.24) is 0 Å². The molecule has 10 aliphatic rings. The zero-order chi connectivity index (χ0) is 85.1. The monoisotopic (exact) mass is 1670 g/mol. The Kier molecular flexibility index (Phi) is 33.0. The SMILES string of the molecule is CC[C@@H](C(=O)[C@@H](C)[C@@H](O)[C@H](C)[C@@H]1O[C@@H]([C@@H](CC)C(=O)[O-])CC[C@@H]1C)[C@H]1O[C@]2(C=C[C@@H](OC(=O)c3ccc(C(=O)O[C@@H]4C=C[C@]5(O[C@H]([C@@H](CC)C(=O)[C@@H](C)[C@@H](O)[C@H](C)[C@@H]6O[C@@H]([C@@H](CC)C(=O)[O-])CC[C@@H]6C)[C@@H](C)C[C@H]5C)O[C@@]45CC[C@@](C)([C@H]4CC[C@](O)(CC)[C@H](C)O4)O5)cc3)[C@]3(CC[C@@](C)([C@H]4CC[C@](O)(CC)[C@H](C)O4)O3)O2)[C@H](C)C[C@@H]1C.[Na+].[Na+]. The maximum atomic E-state index is 15.1. The van der Waals surface area contributed by atoms with Crippen LogP contribution >= 0.6 is 0 Å². The van der Waals surface area contributed by atoms with Crippen molar-refractivity contribution in [3.05, 3.63) is 59.7 Å². The van der Waals surface area contributed by atoms with E-state index in [0.29, 0.717) is 116 Å². The number of hydrogen-bond donors (Lipinski definition) is 4. The summed E-state index contributed by atoms with van der Waals surface area (Å²) in [7, 11) is 0. The van der Waals surface area contributed by atoms with Crippen molar-refractivity contribution in [3.8, 4) is 0 Å². The summed E-state index contributed by atoms with van der Waals surface area (Å²) in [6, 6.07) is 5.93. The summed E-state index contributed by atoms with van der Waals surface area (Å²) in [4.78, 5) is 84.4. The molecule has 118 heavy (non-hydrogen) atoms. The van der Waals surface area contributed by atoms with Gasteiger partial charge in [-0.25, -0.2) is 9.59 Å². The van der Waals surface area contributed by atoms with E-state index in [0.717, 1.165) is 0 Å². The van der Waals surface area contributed by atoms with Crippen molar-refractivity contribution in [1.29, 1.82) is 0 Å². The molecule has 1 aromatic carbocycles. The molecule has 0 radical (unpaired) electrons. The average Bonchev–Trinajstić information content (AvgIpc) is 1.50. The van der Waals surface area contributed by atoms with Gasteiger partial charge >= 0.3 is 71.1 Å². The Balaban J connectivity index is 0.00000794. The number of aliphatic carboxylic acids is 2. The molecule has 4 N–H and O–H groups in total. The largest absolute Gasteiger partial charge is 1.00 e. The minimum Gasteiger partial charge on any atom is -0.550 e. The van der Waals surface area contributed by atoms with E-state index < -0.39 is 202 Å². The van der Waals surface area contributed by atoms with Gasteiger partial charge in [0.1, 0.15) is 11.6 Å². The third kappa shape index (κ3) is 19.4. The van der Waals surface area contributed by atoms with Crippen LogP contribution in [0.15, 0.2) is 48.6 Å². The molecular weight excluding hydrogens is 1530 g/mol. The normalized spacial score (nSPS) is 42.5. The minimum absolute atomic E-state index is 0. The average molecular weight is 1680 g/mol. The van der Waals surface area contributed by atoms with Gasteiger partial charge in [-0.1, -0.05) is 111 Å². The van der Waals surface area contributed by atoms with E-state index in [2.05, 4.69) is 13.8 Å². The third-order valence-corrected chi connectivity index (χ3v) is 30.6. The molecule has 1 aromatic rings. The van der Waals surface area contributed by atoms with Crippen LogP contribution in [0.4, 0.5) is 0 Å². The number of carboxylic acid groups (broad SMARTS) is 2. The molecule has 11 rings (SSSR count).